The third-order valence-corrected chi connectivity index (χ3v) is 10.8. The van der Waals surface area contributed by atoms with Crippen LogP contribution < -0.4 is 36.3 Å². The summed E-state index contributed by atoms with van der Waals surface area (Å²) in [5.74, 6) is 0.794. The van der Waals surface area contributed by atoms with Crippen LogP contribution in [0, 0.1) is 13.8 Å². The average molecular weight is 740 g/mol. The number of nitrogens with zero attached hydrogens (tertiary/aromatic N) is 8. The number of hydrogen-bond donors (Lipinski definition) is 2. The molecule has 2 saturated carbocycles. The summed E-state index contributed by atoms with van der Waals surface area (Å²) < 4.78 is 2.39. The number of pyridine rings is 4. The summed E-state index contributed by atoms with van der Waals surface area (Å²) in [7, 11) is 0. The van der Waals surface area contributed by atoms with Gasteiger partial charge in [-0.05, 0) is 94.8 Å². The van der Waals surface area contributed by atoms with Crippen LogP contribution in [0.5, 0.6) is 0 Å². The zero-order valence-electron chi connectivity index (χ0n) is 30.1. The molecule has 10 rings (SSSR count). The molecular formula is C39H51N10OS2+. The molecule has 0 unspecified atom stereocenters. The standard InChI is InChI=1S/C20H23N5O.C15H15N4.C4H9N.2H2S/c1-13-11-14(7-9-21-13)17-5-6-18-19(23-17)25(16-8-10-24(18)12-16)20(26)22-15-3-2-4-15;1-10-8-11(4-6-16-10)13-2-3-14-15(18-13)17-12-5-7-19(14)9-12;5-4-2-1-3-4;;/h5-7,9,11,15-16H,2-4,8,10,12H2,1H3,(H,22,26);2-4,6,8,12H,5,7,9H2,1H3;4H,1-3,5H2;2*1H2/q;+1;;;/t16-;12-;;;/m00.../s1. The molecule has 0 spiro atoms. The fourth-order valence-corrected chi connectivity index (χ4v) is 7.46. The van der Waals surface area contributed by atoms with E-state index in [0.29, 0.717) is 18.1 Å². The molecule has 4 aromatic heterocycles. The third-order valence-electron chi connectivity index (χ3n) is 10.8. The molecule has 4 bridgehead atoms. The normalized spacial score (nSPS) is 20.5. The van der Waals surface area contributed by atoms with Gasteiger partial charge in [-0.25, -0.2) is 19.3 Å². The molecule has 3 N–H and O–H groups in total. The van der Waals surface area contributed by atoms with Gasteiger partial charge in [-0.3, -0.25) is 19.9 Å². The maximum absolute atomic E-state index is 13.0. The Morgan fingerprint density at radius 1 is 0.846 bits per heavy atom. The molecule has 2 saturated heterocycles. The van der Waals surface area contributed by atoms with Crippen LogP contribution in [0.4, 0.5) is 16.3 Å². The number of carbonyl (C=O) groups is 1. The summed E-state index contributed by atoms with van der Waals surface area (Å²) in [4.78, 5) is 40.1. The van der Waals surface area contributed by atoms with E-state index < -0.39 is 0 Å². The highest BCUT2D eigenvalue weighted by molar-refractivity contribution is 7.59. The maximum atomic E-state index is 13.0. The van der Waals surface area contributed by atoms with E-state index in [1.54, 1.807) is 6.20 Å². The number of aryl methyl sites for hydroxylation is 2. The molecule has 4 aliphatic heterocycles. The highest BCUT2D eigenvalue weighted by atomic mass is 32.1. The quantitative estimate of drug-likeness (QED) is 0.302. The SMILES string of the molecule is Cc1cc(-c2ccc3c(n2)=N[C@H]2CC[N+]=3C2)ccn1.Cc1cc(-c2ccc3c(n2)N(C(=O)NC2CCC2)[C@H]2CCN3C2)ccn1.NC1CCC1.S.S. The number of nitrogens with two attached hydrogens (primary N) is 1. The van der Waals surface area contributed by atoms with Crippen molar-refractivity contribution in [2.24, 2.45) is 10.7 Å². The number of hydrogen-bond acceptors (Lipinski definition) is 8. The van der Waals surface area contributed by atoms with Gasteiger partial charge in [-0.15, -0.1) is 0 Å². The summed E-state index contributed by atoms with van der Waals surface area (Å²) >= 11 is 0. The lowest BCUT2D eigenvalue weighted by Crippen LogP contribution is -2.54. The number of urea groups is 1. The van der Waals surface area contributed by atoms with E-state index in [2.05, 4.69) is 49.0 Å². The molecule has 0 aromatic carbocycles. The van der Waals surface area contributed by atoms with Crippen molar-refractivity contribution < 1.29 is 4.79 Å². The van der Waals surface area contributed by atoms with E-state index >= 15 is 0 Å². The molecule has 2 atom stereocenters. The largest absolute Gasteiger partial charge is 0.366 e. The number of fused-ring (bicyclic) bond motifs is 7. The fraction of sp³-hybridized carbons (Fsp3) is 0.462. The van der Waals surface area contributed by atoms with Crippen LogP contribution in [0.25, 0.3) is 22.5 Å². The predicted octanol–water partition coefficient (Wildman–Crippen LogP) is 4.18. The predicted molar refractivity (Wildman–Crippen MR) is 216 cm³/mol. The monoisotopic (exact) mass is 739 g/mol. The third kappa shape index (κ3) is 7.96. The van der Waals surface area contributed by atoms with Gasteiger partial charge in [0.25, 0.3) is 0 Å². The highest BCUT2D eigenvalue weighted by Crippen LogP contribution is 2.40. The second-order valence-electron chi connectivity index (χ2n) is 14.5. The number of anilines is 2. The Hall–Kier alpha value is -4.07. The summed E-state index contributed by atoms with van der Waals surface area (Å²) in [6, 6.07) is 18.0. The minimum atomic E-state index is 0. The van der Waals surface area contributed by atoms with E-state index in [4.69, 9.17) is 20.7 Å². The number of carbonyl (C=O) groups excluding carboxylic acids is 1. The minimum Gasteiger partial charge on any atom is -0.366 e. The first-order valence-electron chi connectivity index (χ1n) is 18.3. The van der Waals surface area contributed by atoms with E-state index in [-0.39, 0.29) is 39.1 Å². The molecule has 8 heterocycles. The van der Waals surface area contributed by atoms with Crippen molar-refractivity contribution in [3.8, 4) is 22.5 Å². The van der Waals surface area contributed by atoms with Crippen LogP contribution >= 0.6 is 27.0 Å². The van der Waals surface area contributed by atoms with E-state index in [1.165, 1.54) is 31.0 Å². The smallest absolute Gasteiger partial charge is 0.323 e. The Morgan fingerprint density at radius 3 is 2.12 bits per heavy atom. The molecule has 2 amide bonds. The van der Waals surface area contributed by atoms with Crippen molar-refractivity contribution in [2.75, 3.05) is 36.0 Å². The number of rotatable bonds is 3. The first-order valence-corrected chi connectivity index (χ1v) is 18.3. The number of aromatic nitrogens is 4. The second kappa shape index (κ2) is 16.3. The zero-order valence-corrected chi connectivity index (χ0v) is 32.1. The van der Waals surface area contributed by atoms with Crippen molar-refractivity contribution in [2.45, 2.75) is 89.4 Å². The summed E-state index contributed by atoms with van der Waals surface area (Å²) in [6.07, 6.45) is 13.1. The van der Waals surface area contributed by atoms with Crippen LogP contribution in [-0.4, -0.2) is 76.3 Å². The van der Waals surface area contributed by atoms with Crippen molar-refractivity contribution in [3.05, 3.63) is 83.2 Å². The van der Waals surface area contributed by atoms with Crippen molar-refractivity contribution >= 4 is 44.5 Å². The maximum Gasteiger partial charge on any atom is 0.323 e. The molecule has 13 heteroatoms. The summed E-state index contributed by atoms with van der Waals surface area (Å²) in [6.45, 7) is 8.03. The van der Waals surface area contributed by atoms with Crippen molar-refractivity contribution in [3.63, 3.8) is 0 Å². The average Bonchev–Trinajstić information content (AvgIpc) is 3.70. The van der Waals surface area contributed by atoms with Gasteiger partial charge in [0.15, 0.2) is 12.4 Å². The molecule has 4 aromatic rings. The van der Waals surface area contributed by atoms with Crippen LogP contribution in [-0.2, 0) is 0 Å². The van der Waals surface area contributed by atoms with Gasteiger partial charge in [0, 0.05) is 72.6 Å². The van der Waals surface area contributed by atoms with Gasteiger partial charge in [-0.1, -0.05) is 6.42 Å². The topological polar surface area (TPSA) is 129 Å². The Bertz CT molecular complexity index is 2040. The van der Waals surface area contributed by atoms with Crippen LogP contribution in [0.1, 0.15) is 62.8 Å². The molecule has 52 heavy (non-hydrogen) atoms. The van der Waals surface area contributed by atoms with Gasteiger partial charge < -0.3 is 16.0 Å². The molecule has 2 aliphatic carbocycles. The fourth-order valence-electron chi connectivity index (χ4n) is 7.46. The zero-order chi connectivity index (χ0) is 34.2. The van der Waals surface area contributed by atoms with Gasteiger partial charge >= 0.3 is 6.03 Å². The molecule has 274 valence electrons. The van der Waals surface area contributed by atoms with E-state index in [1.807, 2.05) is 49.2 Å². The molecule has 6 aliphatic rings. The van der Waals surface area contributed by atoms with Crippen molar-refractivity contribution in [1.82, 2.24) is 29.8 Å². The minimum absolute atomic E-state index is 0. The molecule has 4 fully saturated rings. The Kier molecular flexibility index (Phi) is 11.8. The number of nitrogens with one attached hydrogen (secondary N) is 1. The van der Waals surface area contributed by atoms with Gasteiger partial charge in [0.05, 0.1) is 23.1 Å². The highest BCUT2D eigenvalue weighted by Gasteiger charge is 2.41. The second-order valence-corrected chi connectivity index (χ2v) is 14.5. The van der Waals surface area contributed by atoms with Crippen molar-refractivity contribution in [1.29, 1.82) is 0 Å². The lowest BCUT2D eigenvalue weighted by Gasteiger charge is -2.37. The Labute approximate surface area is 319 Å². The van der Waals surface area contributed by atoms with E-state index in [0.717, 1.165) is 103 Å². The van der Waals surface area contributed by atoms with Crippen LogP contribution in [0.15, 0.2) is 65.9 Å². The van der Waals surface area contributed by atoms with Gasteiger partial charge in [-0.2, -0.15) is 27.0 Å². The van der Waals surface area contributed by atoms with Gasteiger partial charge in [0.1, 0.15) is 12.6 Å². The summed E-state index contributed by atoms with van der Waals surface area (Å²) in [5, 5.41) is 4.38. The Balaban J connectivity index is 0.000000157. The van der Waals surface area contributed by atoms with Crippen LogP contribution in [0.3, 0.4) is 0 Å². The molecular weight excluding hydrogens is 689 g/mol. The first-order chi connectivity index (χ1) is 24.4. The number of amides is 2. The molecule has 11 nitrogen and oxygen atoms in total. The van der Waals surface area contributed by atoms with E-state index in [9.17, 15) is 4.79 Å². The Morgan fingerprint density at radius 2 is 1.50 bits per heavy atom. The lowest BCUT2D eigenvalue weighted by molar-refractivity contribution is 0.231. The molecule has 0 radical (unpaired) electrons. The van der Waals surface area contributed by atoms with Gasteiger partial charge in [0.2, 0.25) is 10.8 Å². The first kappa shape index (κ1) is 37.7. The summed E-state index contributed by atoms with van der Waals surface area (Å²) in [5.41, 5.74) is 13.3. The lowest BCUT2D eigenvalue weighted by atomic mass is 9.93. The van der Waals surface area contributed by atoms with Crippen LogP contribution in [0.2, 0.25) is 0 Å².